The average molecular weight is 388 g/mol. The molecule has 146 valence electrons. The Morgan fingerprint density at radius 3 is 2.64 bits per heavy atom. The lowest BCUT2D eigenvalue weighted by Crippen LogP contribution is -2.31. The Labute approximate surface area is 159 Å². The summed E-state index contributed by atoms with van der Waals surface area (Å²) in [6, 6.07) is 10.4. The Kier molecular flexibility index (Phi) is 6.28. The molecule has 0 atom stereocenters. The zero-order valence-corrected chi connectivity index (χ0v) is 14.8. The number of halogens is 2. The number of aromatic nitrogens is 3. The van der Waals surface area contributed by atoms with Crippen molar-refractivity contribution in [3.63, 3.8) is 0 Å². The minimum atomic E-state index is -0.991. The lowest BCUT2D eigenvalue weighted by Gasteiger charge is -2.08. The lowest BCUT2D eigenvalue weighted by molar-refractivity contribution is -0.121. The van der Waals surface area contributed by atoms with Gasteiger partial charge in [0.05, 0.1) is 19.3 Å². The van der Waals surface area contributed by atoms with Crippen LogP contribution in [-0.2, 0) is 17.9 Å². The summed E-state index contributed by atoms with van der Waals surface area (Å²) in [4.78, 5) is 12.0. The normalized spacial score (nSPS) is 10.7. The average Bonchev–Trinajstić information content (AvgIpc) is 3.16. The molecule has 0 radical (unpaired) electrons. The van der Waals surface area contributed by atoms with Crippen molar-refractivity contribution in [1.82, 2.24) is 20.3 Å². The van der Waals surface area contributed by atoms with E-state index in [4.69, 9.17) is 9.84 Å². The van der Waals surface area contributed by atoms with E-state index in [2.05, 4.69) is 15.6 Å². The number of hydrogen-bond donors (Lipinski definition) is 2. The summed E-state index contributed by atoms with van der Waals surface area (Å²) in [7, 11) is 0. The van der Waals surface area contributed by atoms with Crippen LogP contribution in [0.2, 0.25) is 0 Å². The van der Waals surface area contributed by atoms with Crippen LogP contribution < -0.4 is 10.1 Å². The number of nitrogens with one attached hydrogen (secondary N) is 1. The summed E-state index contributed by atoms with van der Waals surface area (Å²) in [5.74, 6) is -2.05. The van der Waals surface area contributed by atoms with Crippen molar-refractivity contribution in [1.29, 1.82) is 0 Å². The molecule has 0 bridgehead atoms. The molecule has 28 heavy (non-hydrogen) atoms. The van der Waals surface area contributed by atoms with E-state index in [9.17, 15) is 13.6 Å². The third-order valence-corrected chi connectivity index (χ3v) is 3.86. The van der Waals surface area contributed by atoms with Crippen LogP contribution in [0.4, 0.5) is 8.78 Å². The first kappa shape index (κ1) is 19.4. The van der Waals surface area contributed by atoms with E-state index in [0.717, 1.165) is 23.3 Å². The molecule has 0 saturated carbocycles. The van der Waals surface area contributed by atoms with E-state index in [0.29, 0.717) is 5.69 Å². The van der Waals surface area contributed by atoms with Crippen LogP contribution in [-0.4, -0.2) is 39.2 Å². The molecule has 9 heteroatoms. The molecule has 3 aromatic rings. The molecule has 1 heterocycles. The molecule has 0 aliphatic rings. The molecule has 0 aliphatic carbocycles. The summed E-state index contributed by atoms with van der Waals surface area (Å²) >= 11 is 0. The van der Waals surface area contributed by atoms with Crippen molar-refractivity contribution in [3.8, 4) is 17.0 Å². The molecular formula is C19H18F2N4O3. The molecule has 0 unspecified atom stereocenters. The Hall–Kier alpha value is -3.33. The Bertz CT molecular complexity index is 945. The summed E-state index contributed by atoms with van der Waals surface area (Å²) < 4.78 is 32.6. The van der Waals surface area contributed by atoms with E-state index in [1.807, 2.05) is 12.1 Å². The van der Waals surface area contributed by atoms with Gasteiger partial charge in [0.1, 0.15) is 24.6 Å². The first-order chi connectivity index (χ1) is 13.5. The first-order valence-electron chi connectivity index (χ1n) is 8.50. The molecule has 2 N–H and O–H groups in total. The van der Waals surface area contributed by atoms with Crippen LogP contribution in [0.3, 0.4) is 0 Å². The lowest BCUT2D eigenvalue weighted by atomic mass is 10.1. The monoisotopic (exact) mass is 388 g/mol. The highest BCUT2D eigenvalue weighted by atomic mass is 19.2. The van der Waals surface area contributed by atoms with Crippen molar-refractivity contribution >= 4 is 5.91 Å². The van der Waals surface area contributed by atoms with Gasteiger partial charge in [0.15, 0.2) is 11.6 Å². The molecule has 0 fully saturated rings. The number of benzene rings is 2. The van der Waals surface area contributed by atoms with Crippen LogP contribution in [0.5, 0.6) is 5.75 Å². The second-order valence-corrected chi connectivity index (χ2v) is 5.93. The van der Waals surface area contributed by atoms with Crippen LogP contribution in [0.1, 0.15) is 5.56 Å². The highest BCUT2D eigenvalue weighted by Gasteiger charge is 2.08. The second-order valence-electron chi connectivity index (χ2n) is 5.93. The highest BCUT2D eigenvalue weighted by Crippen LogP contribution is 2.17. The molecule has 1 amide bonds. The quantitative estimate of drug-likeness (QED) is 0.576. The number of carbonyl (C=O) groups excluding carboxylic acids is 1. The number of aliphatic hydroxyl groups is 1. The molecular weight excluding hydrogens is 370 g/mol. The van der Waals surface area contributed by atoms with Gasteiger partial charge in [0, 0.05) is 11.6 Å². The smallest absolute Gasteiger partial charge is 0.241 e. The predicted molar refractivity (Wildman–Crippen MR) is 96.2 cm³/mol. The van der Waals surface area contributed by atoms with Crippen LogP contribution in [0.15, 0.2) is 48.7 Å². The van der Waals surface area contributed by atoms with Crippen LogP contribution in [0, 0.1) is 11.6 Å². The van der Waals surface area contributed by atoms with Crippen LogP contribution >= 0.6 is 0 Å². The van der Waals surface area contributed by atoms with Gasteiger partial charge in [-0.05, 0) is 17.7 Å². The fourth-order valence-corrected chi connectivity index (χ4v) is 2.42. The van der Waals surface area contributed by atoms with Gasteiger partial charge in [0.2, 0.25) is 5.91 Å². The van der Waals surface area contributed by atoms with Gasteiger partial charge < -0.3 is 15.2 Å². The van der Waals surface area contributed by atoms with Crippen molar-refractivity contribution in [2.24, 2.45) is 0 Å². The number of nitrogens with zero attached hydrogens (tertiary/aromatic N) is 3. The minimum absolute atomic E-state index is 0.0209. The zero-order valence-electron chi connectivity index (χ0n) is 14.8. The summed E-state index contributed by atoms with van der Waals surface area (Å²) in [6.45, 7) is 0.248. The number of carbonyl (C=O) groups is 1. The van der Waals surface area contributed by atoms with Gasteiger partial charge >= 0.3 is 0 Å². The number of hydrogen-bond acceptors (Lipinski definition) is 5. The Morgan fingerprint density at radius 1 is 1.14 bits per heavy atom. The molecule has 0 spiro atoms. The number of amides is 1. The van der Waals surface area contributed by atoms with Crippen molar-refractivity contribution in [2.45, 2.75) is 13.2 Å². The maximum atomic E-state index is 13.1. The predicted octanol–water partition coefficient (Wildman–Crippen LogP) is 1.91. The maximum Gasteiger partial charge on any atom is 0.241 e. The van der Waals surface area contributed by atoms with Gasteiger partial charge in [0.25, 0.3) is 0 Å². The third kappa shape index (κ3) is 5.10. The summed E-state index contributed by atoms with van der Waals surface area (Å²) in [5.41, 5.74) is 2.23. The Morgan fingerprint density at radius 2 is 1.93 bits per heavy atom. The van der Waals surface area contributed by atoms with Gasteiger partial charge in [-0.2, -0.15) is 0 Å². The van der Waals surface area contributed by atoms with Gasteiger partial charge in [-0.3, -0.25) is 4.79 Å². The van der Waals surface area contributed by atoms with E-state index < -0.39 is 11.6 Å². The second kappa shape index (κ2) is 9.05. The van der Waals surface area contributed by atoms with Crippen molar-refractivity contribution in [2.75, 3.05) is 13.2 Å². The summed E-state index contributed by atoms with van der Waals surface area (Å²) in [6.07, 6.45) is 1.64. The topological polar surface area (TPSA) is 89.3 Å². The highest BCUT2D eigenvalue weighted by molar-refractivity contribution is 5.75. The van der Waals surface area contributed by atoms with Crippen LogP contribution in [0.25, 0.3) is 11.3 Å². The standard InChI is InChI=1S/C19H18F2N4O3/c20-16-6-5-15(9-17(16)21)28-8-7-22-19(27)11-25-10-18(23-24-25)14-3-1-13(12-26)2-4-14/h1-6,9-10,26H,7-8,11-12H2,(H,22,27). The summed E-state index contributed by atoms with van der Waals surface area (Å²) in [5, 5.41) is 19.6. The van der Waals surface area contributed by atoms with E-state index in [-0.39, 0.29) is 38.0 Å². The molecule has 7 nitrogen and oxygen atoms in total. The molecule has 2 aromatic carbocycles. The van der Waals surface area contributed by atoms with E-state index in [1.165, 1.54) is 10.7 Å². The van der Waals surface area contributed by atoms with E-state index in [1.54, 1.807) is 18.3 Å². The maximum absolute atomic E-state index is 13.1. The fourth-order valence-electron chi connectivity index (χ4n) is 2.42. The van der Waals surface area contributed by atoms with Gasteiger partial charge in [-0.25, -0.2) is 13.5 Å². The first-order valence-corrected chi connectivity index (χ1v) is 8.50. The zero-order chi connectivity index (χ0) is 19.9. The minimum Gasteiger partial charge on any atom is -0.492 e. The molecule has 1 aromatic heterocycles. The third-order valence-electron chi connectivity index (χ3n) is 3.86. The largest absolute Gasteiger partial charge is 0.492 e. The van der Waals surface area contributed by atoms with Crippen molar-refractivity contribution < 1.29 is 23.4 Å². The molecule has 0 aliphatic heterocycles. The fraction of sp³-hybridized carbons (Fsp3) is 0.211. The number of ether oxygens (including phenoxy) is 1. The van der Waals surface area contributed by atoms with Crippen molar-refractivity contribution in [3.05, 3.63) is 65.9 Å². The Balaban J connectivity index is 1.44. The van der Waals surface area contributed by atoms with Gasteiger partial charge in [-0.15, -0.1) is 5.10 Å². The number of aliphatic hydroxyl groups excluding tert-OH is 1. The number of rotatable bonds is 8. The SMILES string of the molecule is O=C(Cn1cc(-c2ccc(CO)cc2)nn1)NCCOc1ccc(F)c(F)c1. The van der Waals surface area contributed by atoms with Gasteiger partial charge in [-0.1, -0.05) is 29.5 Å². The van der Waals surface area contributed by atoms with E-state index >= 15 is 0 Å². The molecule has 3 rings (SSSR count). The molecule has 0 saturated heterocycles.